The molecule has 0 unspecified atom stereocenters. The quantitative estimate of drug-likeness (QED) is 0.601. The molecule has 0 aromatic heterocycles. The number of hydrogen-bond acceptors (Lipinski definition) is 5. The van der Waals surface area contributed by atoms with Crippen LogP contribution in [-0.4, -0.2) is 62.0 Å². The Morgan fingerprint density at radius 1 is 1.14 bits per heavy atom. The molecule has 6 heteroatoms. The van der Waals surface area contributed by atoms with Gasteiger partial charge in [-0.2, -0.15) is 0 Å². The van der Waals surface area contributed by atoms with Gasteiger partial charge in [-0.25, -0.2) is 10.0 Å². The second kappa shape index (κ2) is 8.23. The minimum atomic E-state index is -0.459. The zero-order valence-electron chi connectivity index (χ0n) is 18.0. The maximum atomic E-state index is 13.2. The van der Waals surface area contributed by atoms with Gasteiger partial charge in [-0.05, 0) is 57.2 Å². The fraction of sp³-hybridized carbons (Fsp3) is 0.591. The molecule has 0 saturated carbocycles. The van der Waals surface area contributed by atoms with Crippen molar-refractivity contribution in [1.29, 1.82) is 0 Å². The van der Waals surface area contributed by atoms with E-state index in [4.69, 9.17) is 9.47 Å². The maximum absolute atomic E-state index is 13.2. The Labute approximate surface area is 168 Å². The summed E-state index contributed by atoms with van der Waals surface area (Å²) in [4.78, 5) is 13.2. The molecule has 1 aromatic rings. The number of amides is 1. The number of rotatable bonds is 6. The predicted molar refractivity (Wildman–Crippen MR) is 111 cm³/mol. The maximum Gasteiger partial charge on any atom is 0.256 e. The van der Waals surface area contributed by atoms with Gasteiger partial charge >= 0.3 is 0 Å². The molecule has 154 valence electrons. The van der Waals surface area contributed by atoms with E-state index in [0.717, 1.165) is 48.4 Å². The first-order valence-corrected chi connectivity index (χ1v) is 10.1. The number of hydrazine groups is 1. The van der Waals surface area contributed by atoms with E-state index in [1.807, 2.05) is 6.92 Å². The van der Waals surface area contributed by atoms with Crippen molar-refractivity contribution in [3.8, 4) is 0 Å². The highest BCUT2D eigenvalue weighted by Gasteiger charge is 2.49. The van der Waals surface area contributed by atoms with Crippen LogP contribution in [0.3, 0.4) is 0 Å². The molecular formula is C22H33N3O3. The summed E-state index contributed by atoms with van der Waals surface area (Å²) in [5.74, 6) is 0.708. The van der Waals surface area contributed by atoms with Crippen molar-refractivity contribution in [3.05, 3.63) is 40.1 Å². The molecule has 2 aliphatic heterocycles. The summed E-state index contributed by atoms with van der Waals surface area (Å²) in [7, 11) is 4.11. The fourth-order valence-corrected chi connectivity index (χ4v) is 4.50. The topological polar surface area (TPSA) is 54.0 Å². The van der Waals surface area contributed by atoms with E-state index in [1.54, 1.807) is 0 Å². The van der Waals surface area contributed by atoms with Gasteiger partial charge in [0.15, 0.2) is 6.79 Å². The number of ether oxygens (including phenoxy) is 2. The summed E-state index contributed by atoms with van der Waals surface area (Å²) < 4.78 is 11.6. The highest BCUT2D eigenvalue weighted by atomic mass is 16.7. The lowest BCUT2D eigenvalue weighted by atomic mass is 9.84. The molecule has 0 bridgehead atoms. The lowest BCUT2D eigenvalue weighted by molar-refractivity contribution is -0.117. The van der Waals surface area contributed by atoms with Crippen LogP contribution in [0.2, 0.25) is 0 Å². The summed E-state index contributed by atoms with van der Waals surface area (Å²) in [5, 5.41) is 7.69. The minimum absolute atomic E-state index is 0.0418. The van der Waals surface area contributed by atoms with Gasteiger partial charge in [0.25, 0.3) is 5.91 Å². The minimum Gasteiger partial charge on any atom is -0.469 e. The summed E-state index contributed by atoms with van der Waals surface area (Å²) in [6.07, 6.45) is 1.62. The second-order valence-electron chi connectivity index (χ2n) is 8.07. The molecule has 0 atom stereocenters. The Morgan fingerprint density at radius 2 is 1.75 bits per heavy atom. The number of piperidine rings is 1. The van der Waals surface area contributed by atoms with Crippen molar-refractivity contribution in [2.24, 2.45) is 0 Å². The summed E-state index contributed by atoms with van der Waals surface area (Å²) in [6.45, 7) is 10.6. The Balaban J connectivity index is 2.05. The van der Waals surface area contributed by atoms with Gasteiger partial charge in [-0.1, -0.05) is 17.7 Å². The van der Waals surface area contributed by atoms with Crippen LogP contribution in [0.5, 0.6) is 0 Å². The van der Waals surface area contributed by atoms with Gasteiger partial charge in [0.1, 0.15) is 11.3 Å². The van der Waals surface area contributed by atoms with Gasteiger partial charge in [-0.3, -0.25) is 4.79 Å². The number of aryl methyl sites for hydroxylation is 3. The first kappa shape index (κ1) is 20.8. The van der Waals surface area contributed by atoms with Gasteiger partial charge in [-0.15, -0.1) is 0 Å². The molecular weight excluding hydrogens is 354 g/mol. The molecule has 1 fully saturated rings. The van der Waals surface area contributed by atoms with Crippen LogP contribution in [-0.2, 0) is 14.3 Å². The molecule has 1 amide bonds. The van der Waals surface area contributed by atoms with Crippen LogP contribution in [0.25, 0.3) is 5.57 Å². The second-order valence-corrected chi connectivity index (χ2v) is 8.07. The molecule has 1 saturated heterocycles. The zero-order valence-corrected chi connectivity index (χ0v) is 18.0. The Kier molecular flexibility index (Phi) is 6.12. The third kappa shape index (κ3) is 3.81. The average Bonchev–Trinajstić information content (AvgIpc) is 2.87. The Morgan fingerprint density at radius 3 is 2.29 bits per heavy atom. The van der Waals surface area contributed by atoms with E-state index in [-0.39, 0.29) is 12.7 Å². The average molecular weight is 388 g/mol. The molecule has 1 spiro atoms. The van der Waals surface area contributed by atoms with Gasteiger partial charge in [0.05, 0.1) is 5.57 Å². The van der Waals surface area contributed by atoms with Crippen LogP contribution < -0.4 is 5.32 Å². The number of hydrogen-bond donors (Lipinski definition) is 1. The Hall–Kier alpha value is -1.89. The number of carbonyl (C=O) groups excluding carboxylic acids is 1. The van der Waals surface area contributed by atoms with E-state index >= 15 is 0 Å². The van der Waals surface area contributed by atoms with Crippen molar-refractivity contribution < 1.29 is 14.3 Å². The molecule has 3 rings (SSSR count). The summed E-state index contributed by atoms with van der Waals surface area (Å²) in [5.41, 5.74) is 4.60. The number of carbonyl (C=O) groups is 1. The van der Waals surface area contributed by atoms with Crippen molar-refractivity contribution in [2.45, 2.75) is 46.1 Å². The third-order valence-corrected chi connectivity index (χ3v) is 5.82. The van der Waals surface area contributed by atoms with E-state index in [9.17, 15) is 4.79 Å². The van der Waals surface area contributed by atoms with Crippen molar-refractivity contribution in [2.75, 3.05) is 40.6 Å². The molecule has 6 nitrogen and oxygen atoms in total. The highest BCUT2D eigenvalue weighted by molar-refractivity contribution is 6.24. The normalized spacial score (nSPS) is 19.6. The molecule has 1 N–H and O–H groups in total. The highest BCUT2D eigenvalue weighted by Crippen LogP contribution is 2.42. The SMILES string of the molecule is CCOCOC1=C(c2c(C)cc(C)cc2C)C(=O)NC12CCN(N(C)C)CC2. The van der Waals surface area contributed by atoms with Gasteiger partial charge < -0.3 is 14.8 Å². The molecule has 28 heavy (non-hydrogen) atoms. The molecule has 2 heterocycles. The first-order chi connectivity index (χ1) is 13.3. The smallest absolute Gasteiger partial charge is 0.256 e. The monoisotopic (exact) mass is 387 g/mol. The largest absolute Gasteiger partial charge is 0.469 e. The van der Waals surface area contributed by atoms with Crippen LogP contribution >= 0.6 is 0 Å². The van der Waals surface area contributed by atoms with Crippen LogP contribution in [0.4, 0.5) is 0 Å². The first-order valence-electron chi connectivity index (χ1n) is 10.1. The van der Waals surface area contributed by atoms with Crippen LogP contribution in [0.15, 0.2) is 17.9 Å². The summed E-state index contributed by atoms with van der Waals surface area (Å²) >= 11 is 0. The molecule has 0 radical (unpaired) electrons. The molecule has 1 aromatic carbocycles. The predicted octanol–water partition coefficient (Wildman–Crippen LogP) is 2.77. The van der Waals surface area contributed by atoms with Gasteiger partial charge in [0, 0.05) is 33.8 Å². The summed E-state index contributed by atoms with van der Waals surface area (Å²) in [6, 6.07) is 4.25. The zero-order chi connectivity index (χ0) is 20.5. The van der Waals surface area contributed by atoms with Crippen molar-refractivity contribution >= 4 is 11.5 Å². The number of benzene rings is 1. The van der Waals surface area contributed by atoms with Crippen molar-refractivity contribution in [3.63, 3.8) is 0 Å². The number of nitrogens with zero attached hydrogens (tertiary/aromatic N) is 2. The number of nitrogens with one attached hydrogen (secondary N) is 1. The lowest BCUT2D eigenvalue weighted by Crippen LogP contribution is -2.55. The van der Waals surface area contributed by atoms with E-state index in [1.165, 1.54) is 5.56 Å². The van der Waals surface area contributed by atoms with E-state index < -0.39 is 5.54 Å². The third-order valence-electron chi connectivity index (χ3n) is 5.82. The standard InChI is InChI=1S/C22H33N3O3/c1-7-27-14-28-20-19(18-16(3)12-15(2)13-17(18)4)21(26)23-22(20)8-10-25(11-9-22)24(5)6/h12-13H,7-11,14H2,1-6H3,(H,23,26). The lowest BCUT2D eigenvalue weighted by Gasteiger charge is -2.42. The van der Waals surface area contributed by atoms with Crippen LogP contribution in [0, 0.1) is 20.8 Å². The Bertz CT molecular complexity index is 754. The van der Waals surface area contributed by atoms with E-state index in [0.29, 0.717) is 12.2 Å². The molecule has 0 aliphatic carbocycles. The van der Waals surface area contributed by atoms with E-state index in [2.05, 4.69) is 62.3 Å². The van der Waals surface area contributed by atoms with Crippen LogP contribution in [0.1, 0.15) is 42.0 Å². The van der Waals surface area contributed by atoms with Gasteiger partial charge in [0.2, 0.25) is 0 Å². The molecule has 2 aliphatic rings. The van der Waals surface area contributed by atoms with Crippen molar-refractivity contribution in [1.82, 2.24) is 15.3 Å². The fourth-order valence-electron chi connectivity index (χ4n) is 4.50.